The van der Waals surface area contributed by atoms with Crippen molar-refractivity contribution in [2.45, 2.75) is 12.8 Å². The molecule has 1 aliphatic rings. The summed E-state index contributed by atoms with van der Waals surface area (Å²) in [6.45, 7) is 0. The van der Waals surface area contributed by atoms with E-state index in [0.717, 1.165) is 46.3 Å². The molecule has 0 spiro atoms. The monoisotopic (exact) mass is 734 g/mol. The Kier molecular flexibility index (Phi) is 7.78. The minimum absolute atomic E-state index is 0.640. The van der Waals surface area contributed by atoms with Gasteiger partial charge in [-0.2, -0.15) is 0 Å². The molecule has 1 aliphatic carbocycles. The molecule has 0 N–H and O–H groups in total. The van der Waals surface area contributed by atoms with Crippen LogP contribution in [0.25, 0.3) is 99.3 Å². The maximum atomic E-state index is 5.19. The first-order valence-corrected chi connectivity index (χ1v) is 19.9. The maximum Gasteiger partial charge on any atom is 0.164 e. The van der Waals surface area contributed by atoms with Crippen molar-refractivity contribution in [3.63, 3.8) is 0 Å². The van der Waals surface area contributed by atoms with E-state index in [1.807, 2.05) is 35.6 Å². The van der Waals surface area contributed by atoms with Crippen LogP contribution < -0.4 is 0 Å². The Balaban J connectivity index is 1.11. The molecule has 0 saturated heterocycles. The third-order valence-corrected chi connectivity index (χ3v) is 12.1. The van der Waals surface area contributed by atoms with Crippen LogP contribution >= 0.6 is 11.3 Å². The summed E-state index contributed by atoms with van der Waals surface area (Å²) in [5.74, 6) is 1.93. The number of aromatic nitrogens is 4. The van der Waals surface area contributed by atoms with Gasteiger partial charge < -0.3 is 4.57 Å². The van der Waals surface area contributed by atoms with E-state index in [4.69, 9.17) is 15.0 Å². The summed E-state index contributed by atoms with van der Waals surface area (Å²) in [5.41, 5.74) is 12.5. The lowest BCUT2D eigenvalue weighted by atomic mass is 9.98. The van der Waals surface area contributed by atoms with Gasteiger partial charge in [0.15, 0.2) is 17.5 Å². The first-order chi connectivity index (χ1) is 27.8. The highest BCUT2D eigenvalue weighted by Crippen LogP contribution is 2.45. The summed E-state index contributed by atoms with van der Waals surface area (Å²) >= 11 is 1.88. The number of thiophene rings is 1. The minimum atomic E-state index is 0.640. The number of fused-ring (bicyclic) bond motifs is 6. The summed E-state index contributed by atoms with van der Waals surface area (Å²) in [5, 5.41) is 3.88. The Morgan fingerprint density at radius 2 is 1.05 bits per heavy atom. The van der Waals surface area contributed by atoms with Gasteiger partial charge in [0.1, 0.15) is 0 Å². The van der Waals surface area contributed by atoms with Crippen LogP contribution in [0.2, 0.25) is 0 Å². The van der Waals surface area contributed by atoms with E-state index in [0.29, 0.717) is 17.5 Å². The molecule has 0 radical (unpaired) electrons. The van der Waals surface area contributed by atoms with E-state index in [1.165, 1.54) is 53.5 Å². The van der Waals surface area contributed by atoms with Crippen LogP contribution in [0.1, 0.15) is 17.7 Å². The van der Waals surface area contributed by atoms with Crippen LogP contribution in [0.3, 0.4) is 0 Å². The van der Waals surface area contributed by atoms with Crippen molar-refractivity contribution in [3.8, 4) is 62.1 Å². The molecule has 10 aromatic rings. The maximum absolute atomic E-state index is 5.19. The number of benzene rings is 7. The molecule has 3 heterocycles. The van der Waals surface area contributed by atoms with Crippen molar-refractivity contribution in [1.29, 1.82) is 0 Å². The quantitative estimate of drug-likeness (QED) is 0.171. The number of hydrogen-bond donors (Lipinski definition) is 0. The summed E-state index contributed by atoms with van der Waals surface area (Å²) in [7, 11) is 0. The molecule has 7 aromatic carbocycles. The zero-order valence-corrected chi connectivity index (χ0v) is 31.2. The molecule has 264 valence electrons. The molecule has 0 amide bonds. The molecule has 4 nitrogen and oxygen atoms in total. The summed E-state index contributed by atoms with van der Waals surface area (Å²) in [6, 6.07) is 60.2. The van der Waals surface area contributed by atoms with Crippen molar-refractivity contribution >= 4 is 48.5 Å². The molecule has 0 aliphatic heterocycles. The van der Waals surface area contributed by atoms with Crippen LogP contribution in [0.5, 0.6) is 0 Å². The molecule has 0 saturated carbocycles. The third-order valence-electron chi connectivity index (χ3n) is 10.9. The predicted molar refractivity (Wildman–Crippen MR) is 234 cm³/mol. The van der Waals surface area contributed by atoms with Gasteiger partial charge in [0.05, 0.1) is 5.52 Å². The van der Waals surface area contributed by atoms with E-state index in [1.54, 1.807) is 0 Å². The minimum Gasteiger partial charge on any atom is -0.312 e. The van der Waals surface area contributed by atoms with E-state index >= 15 is 0 Å². The molecule has 11 rings (SSSR count). The second-order valence-corrected chi connectivity index (χ2v) is 15.3. The fourth-order valence-electron chi connectivity index (χ4n) is 8.33. The van der Waals surface area contributed by atoms with E-state index in [-0.39, 0.29) is 0 Å². The van der Waals surface area contributed by atoms with Crippen molar-refractivity contribution in [2.75, 3.05) is 0 Å². The van der Waals surface area contributed by atoms with Crippen molar-refractivity contribution in [1.82, 2.24) is 19.5 Å². The van der Waals surface area contributed by atoms with Gasteiger partial charge in [-0.3, -0.25) is 0 Å². The molecule has 56 heavy (non-hydrogen) atoms. The molecule has 0 bridgehead atoms. The smallest absolute Gasteiger partial charge is 0.164 e. The first-order valence-electron chi connectivity index (χ1n) is 19.1. The average Bonchev–Trinajstić information content (AvgIpc) is 3.83. The number of para-hydroxylation sites is 1. The van der Waals surface area contributed by atoms with Crippen LogP contribution in [0.4, 0.5) is 0 Å². The Labute approximate surface area is 328 Å². The van der Waals surface area contributed by atoms with Crippen molar-refractivity contribution in [2.24, 2.45) is 0 Å². The van der Waals surface area contributed by atoms with Gasteiger partial charge in [0.2, 0.25) is 0 Å². The van der Waals surface area contributed by atoms with Gasteiger partial charge >= 0.3 is 0 Å². The fourth-order valence-corrected chi connectivity index (χ4v) is 9.56. The Morgan fingerprint density at radius 1 is 0.464 bits per heavy atom. The normalized spacial score (nSPS) is 12.4. The lowest BCUT2D eigenvalue weighted by Crippen LogP contribution is -2.04. The zero-order chi connectivity index (χ0) is 37.0. The van der Waals surface area contributed by atoms with Crippen molar-refractivity contribution < 1.29 is 0 Å². The highest BCUT2D eigenvalue weighted by Gasteiger charge is 2.23. The molecule has 0 unspecified atom stereocenters. The van der Waals surface area contributed by atoms with Gasteiger partial charge in [-0.05, 0) is 48.2 Å². The van der Waals surface area contributed by atoms with Gasteiger partial charge in [-0.15, -0.1) is 11.3 Å². The predicted octanol–water partition coefficient (Wildman–Crippen LogP) is 13.5. The number of nitrogens with zero attached hydrogens (tertiary/aromatic N) is 4. The Bertz CT molecular complexity index is 3140. The largest absolute Gasteiger partial charge is 0.312 e. The highest BCUT2D eigenvalue weighted by atomic mass is 32.1. The third kappa shape index (κ3) is 5.47. The number of hydrogen-bond acceptors (Lipinski definition) is 4. The summed E-state index contributed by atoms with van der Waals surface area (Å²) in [4.78, 5) is 15.4. The van der Waals surface area contributed by atoms with Crippen LogP contribution in [-0.2, 0) is 6.42 Å². The molecule has 5 heteroatoms. The number of allylic oxidation sites excluding steroid dienone is 1. The molecule has 0 atom stereocenters. The van der Waals surface area contributed by atoms with Gasteiger partial charge in [0, 0.05) is 70.3 Å². The van der Waals surface area contributed by atoms with Gasteiger partial charge in [0.25, 0.3) is 0 Å². The van der Waals surface area contributed by atoms with Crippen molar-refractivity contribution in [3.05, 3.63) is 187 Å². The van der Waals surface area contributed by atoms with Gasteiger partial charge in [-0.25, -0.2) is 15.0 Å². The second kappa shape index (κ2) is 13.4. The second-order valence-electron chi connectivity index (χ2n) is 14.3. The molecule has 0 fully saturated rings. The average molecular weight is 735 g/mol. The van der Waals surface area contributed by atoms with Crippen LogP contribution in [0, 0.1) is 0 Å². The lowest BCUT2D eigenvalue weighted by molar-refractivity contribution is 0.889. The van der Waals surface area contributed by atoms with Crippen LogP contribution in [-0.4, -0.2) is 19.5 Å². The topological polar surface area (TPSA) is 43.6 Å². The van der Waals surface area contributed by atoms with E-state index < -0.39 is 0 Å². The summed E-state index contributed by atoms with van der Waals surface area (Å²) in [6.07, 6.45) is 6.60. The molecular weight excluding hydrogens is 701 g/mol. The lowest BCUT2D eigenvalue weighted by Gasteiger charge is -2.16. The Morgan fingerprint density at radius 3 is 1.86 bits per heavy atom. The van der Waals surface area contributed by atoms with Crippen LogP contribution in [0.15, 0.2) is 176 Å². The highest BCUT2D eigenvalue weighted by molar-refractivity contribution is 7.26. The number of rotatable bonds is 6. The van der Waals surface area contributed by atoms with Gasteiger partial charge in [-0.1, -0.05) is 158 Å². The van der Waals surface area contributed by atoms with E-state index in [9.17, 15) is 0 Å². The zero-order valence-electron chi connectivity index (χ0n) is 30.4. The molecule has 3 aromatic heterocycles. The fraction of sp³-hybridized carbons (Fsp3) is 0.0392. The SMILES string of the molecule is C1=Cc2c(n(-c3cccc(-c4nc(-c5ccccc5)nc(-c5cccc(-c6ccccc6)c5)n4)c3)c3c(-c4cccc5c4sc4ccccc45)cccc23)CC1. The summed E-state index contributed by atoms with van der Waals surface area (Å²) < 4.78 is 5.13. The molecular formula is C51H34N4S. The van der Waals surface area contributed by atoms with E-state index in [2.05, 4.69) is 162 Å². The standard InChI is InChI=1S/C51H34N4S/c1-3-15-33(16-4-1)35-19-11-20-36(31-35)50-52-49(34-17-5-2-6-18-34)53-51(54-50)37-21-12-22-38(32-37)55-45-29-9-7-23-39(45)41-25-13-26-42(47(41)55)44-28-14-27-43-40-24-8-10-30-46(40)56-48(43)44/h1-8,10-28,30-32H,9,29H2. The first kappa shape index (κ1) is 32.5. The Hall–Kier alpha value is -6.95.